The first-order valence-corrected chi connectivity index (χ1v) is 23.6. The zero-order valence-corrected chi connectivity index (χ0v) is 39.4. The number of aromatic carboxylic acids is 1. The second-order valence-corrected chi connectivity index (χ2v) is 15.3. The van der Waals surface area contributed by atoms with E-state index in [2.05, 4.69) is 22.9 Å². The van der Waals surface area contributed by atoms with Crippen molar-refractivity contribution in [1.82, 2.24) is 16.0 Å². The summed E-state index contributed by atoms with van der Waals surface area (Å²) in [5.41, 5.74) is 0.242. The van der Waals surface area contributed by atoms with Crippen molar-refractivity contribution in [3.8, 4) is 5.75 Å². The molecule has 19 heteroatoms. The molecule has 0 aliphatic rings. The molecular formula is C47H79N3O16. The number of carbonyl (C=O) groups excluding carboxylic acids is 5. The SMILES string of the molecule is CCCCNC(=O)COCCOCCCC(=O)COCCOCCNC(=O)COCCOCCCC(=O)COCCOCCNC(=O)CCCCCCCCCOc1ccc(C(=O)O)cc1. The van der Waals surface area contributed by atoms with Crippen LogP contribution in [0.25, 0.3) is 0 Å². The number of amides is 3. The summed E-state index contributed by atoms with van der Waals surface area (Å²) in [7, 11) is 0. The average Bonchev–Trinajstić information content (AvgIpc) is 3.30. The van der Waals surface area contributed by atoms with E-state index in [4.69, 9.17) is 47.7 Å². The lowest BCUT2D eigenvalue weighted by Gasteiger charge is -2.09. The van der Waals surface area contributed by atoms with E-state index in [1.54, 1.807) is 12.1 Å². The maximum atomic E-state index is 12.0. The third kappa shape index (κ3) is 40.2. The molecule has 1 rings (SSSR count). The van der Waals surface area contributed by atoms with Crippen LogP contribution in [0.3, 0.4) is 0 Å². The predicted molar refractivity (Wildman–Crippen MR) is 245 cm³/mol. The average molecular weight is 942 g/mol. The van der Waals surface area contributed by atoms with Gasteiger partial charge in [0.25, 0.3) is 0 Å². The highest BCUT2D eigenvalue weighted by Gasteiger charge is 2.07. The molecule has 0 saturated carbocycles. The van der Waals surface area contributed by atoms with Gasteiger partial charge in [0.05, 0.1) is 78.2 Å². The van der Waals surface area contributed by atoms with Crippen LogP contribution in [0, 0.1) is 0 Å². The lowest BCUT2D eigenvalue weighted by atomic mass is 10.1. The third-order valence-electron chi connectivity index (χ3n) is 9.38. The Morgan fingerprint density at radius 3 is 1.33 bits per heavy atom. The van der Waals surface area contributed by atoms with E-state index in [0.717, 1.165) is 57.8 Å². The lowest BCUT2D eigenvalue weighted by Crippen LogP contribution is -2.31. The predicted octanol–water partition coefficient (Wildman–Crippen LogP) is 3.86. The second kappa shape index (κ2) is 44.7. The lowest BCUT2D eigenvalue weighted by molar-refractivity contribution is -0.127. The first-order chi connectivity index (χ1) is 32.2. The molecule has 0 spiro atoms. The molecule has 4 N–H and O–H groups in total. The van der Waals surface area contributed by atoms with E-state index in [-0.39, 0.29) is 94.3 Å². The van der Waals surface area contributed by atoms with Gasteiger partial charge in [-0.2, -0.15) is 0 Å². The van der Waals surface area contributed by atoms with Gasteiger partial charge in [-0.3, -0.25) is 24.0 Å². The van der Waals surface area contributed by atoms with Crippen LogP contribution in [0.15, 0.2) is 24.3 Å². The van der Waals surface area contributed by atoms with Crippen molar-refractivity contribution in [2.24, 2.45) is 0 Å². The van der Waals surface area contributed by atoms with Crippen LogP contribution >= 0.6 is 0 Å². The molecule has 0 heterocycles. The molecule has 378 valence electrons. The molecule has 1 aromatic carbocycles. The standard InChI is InChI=1S/C47H79N3O16/c1-2-3-20-48-45(54)38-64-34-28-58-23-11-13-42(52)37-63-33-31-61-27-22-50-46(55)39-65-35-29-59-24-12-14-41(51)36-62-32-30-60-26-21-49-44(53)15-9-7-5-4-6-8-10-25-66-43-18-16-40(17-19-43)47(56)57/h16-19H,2-15,20-39H2,1H3,(H,48,54)(H,49,53)(H,50,55)(H,56,57). The van der Waals surface area contributed by atoms with Crippen molar-refractivity contribution < 1.29 is 76.5 Å². The summed E-state index contributed by atoms with van der Waals surface area (Å²) in [6.07, 6.45) is 11.4. The van der Waals surface area contributed by atoms with Gasteiger partial charge >= 0.3 is 5.97 Å². The van der Waals surface area contributed by atoms with E-state index in [9.17, 15) is 28.8 Å². The number of Topliss-reactive ketones (excluding diaryl/α,β-unsaturated/α-hetero) is 2. The number of ketones is 2. The molecule has 0 bridgehead atoms. The molecule has 0 aromatic heterocycles. The molecular weight excluding hydrogens is 863 g/mol. The fourth-order valence-electron chi connectivity index (χ4n) is 5.74. The molecule has 3 amide bonds. The number of rotatable bonds is 49. The Labute approximate surface area is 391 Å². The number of ether oxygens (including phenoxy) is 9. The molecule has 0 aliphatic carbocycles. The van der Waals surface area contributed by atoms with Crippen molar-refractivity contribution in [1.29, 1.82) is 0 Å². The van der Waals surface area contributed by atoms with Crippen molar-refractivity contribution in [2.45, 2.75) is 96.8 Å². The van der Waals surface area contributed by atoms with E-state index in [1.165, 1.54) is 12.1 Å². The maximum absolute atomic E-state index is 12.0. The molecule has 66 heavy (non-hydrogen) atoms. The molecule has 0 atom stereocenters. The Morgan fingerprint density at radius 2 is 0.833 bits per heavy atom. The van der Waals surface area contributed by atoms with Crippen LogP contribution in [0.4, 0.5) is 0 Å². The number of unbranched alkanes of at least 4 members (excludes halogenated alkanes) is 7. The van der Waals surface area contributed by atoms with Gasteiger partial charge in [0.2, 0.25) is 17.7 Å². The number of carboxylic acids is 1. The molecule has 19 nitrogen and oxygen atoms in total. The highest BCUT2D eigenvalue weighted by atomic mass is 16.5. The molecule has 0 radical (unpaired) electrons. The Morgan fingerprint density at radius 1 is 0.409 bits per heavy atom. The summed E-state index contributed by atoms with van der Waals surface area (Å²) >= 11 is 0. The van der Waals surface area contributed by atoms with Crippen LogP contribution in [0.2, 0.25) is 0 Å². The first-order valence-electron chi connectivity index (χ1n) is 23.6. The molecule has 0 unspecified atom stereocenters. The minimum absolute atomic E-state index is 0.00114. The van der Waals surface area contributed by atoms with Crippen LogP contribution in [-0.4, -0.2) is 172 Å². The van der Waals surface area contributed by atoms with Gasteiger partial charge in [-0.05, 0) is 56.4 Å². The zero-order chi connectivity index (χ0) is 48.0. The van der Waals surface area contributed by atoms with Gasteiger partial charge in [0.1, 0.15) is 32.2 Å². The number of carbonyl (C=O) groups is 6. The minimum atomic E-state index is -0.953. The Bertz CT molecular complexity index is 1400. The molecule has 0 saturated heterocycles. The topological polar surface area (TPSA) is 242 Å². The summed E-state index contributed by atoms with van der Waals surface area (Å²) < 4.78 is 48.7. The van der Waals surface area contributed by atoms with Gasteiger partial charge in [-0.25, -0.2) is 4.79 Å². The number of hydrogen-bond acceptors (Lipinski definition) is 15. The third-order valence-corrected chi connectivity index (χ3v) is 9.38. The molecule has 0 aliphatic heterocycles. The van der Waals surface area contributed by atoms with Crippen LogP contribution in [0.5, 0.6) is 5.75 Å². The van der Waals surface area contributed by atoms with E-state index in [0.29, 0.717) is 110 Å². The van der Waals surface area contributed by atoms with Crippen LogP contribution in [-0.2, 0) is 61.9 Å². The fraction of sp³-hybridized carbons (Fsp3) is 0.745. The Kier molecular flexibility index (Phi) is 40.6. The monoisotopic (exact) mass is 942 g/mol. The van der Waals surface area contributed by atoms with Gasteiger partial charge in [-0.1, -0.05) is 45.4 Å². The van der Waals surface area contributed by atoms with E-state index < -0.39 is 5.97 Å². The Hall–Kier alpha value is -4.08. The van der Waals surface area contributed by atoms with E-state index in [1.807, 2.05) is 0 Å². The summed E-state index contributed by atoms with van der Waals surface area (Å²) in [6, 6.07) is 6.41. The highest BCUT2D eigenvalue weighted by molar-refractivity contribution is 5.87. The smallest absolute Gasteiger partial charge is 0.335 e. The van der Waals surface area contributed by atoms with E-state index >= 15 is 0 Å². The number of benzene rings is 1. The highest BCUT2D eigenvalue weighted by Crippen LogP contribution is 2.14. The Balaban J connectivity index is 1.76. The zero-order valence-electron chi connectivity index (χ0n) is 39.4. The summed E-state index contributed by atoms with van der Waals surface area (Å²) in [6.45, 7) is 7.75. The van der Waals surface area contributed by atoms with Crippen molar-refractivity contribution >= 4 is 35.3 Å². The van der Waals surface area contributed by atoms with Crippen molar-refractivity contribution in [3.05, 3.63) is 29.8 Å². The minimum Gasteiger partial charge on any atom is -0.494 e. The largest absolute Gasteiger partial charge is 0.494 e. The number of hydrogen-bond donors (Lipinski definition) is 4. The normalized spacial score (nSPS) is 11.0. The van der Waals surface area contributed by atoms with Gasteiger partial charge < -0.3 is 63.7 Å². The molecule has 1 aromatic rings. The number of nitrogens with one attached hydrogen (secondary N) is 3. The van der Waals surface area contributed by atoms with Crippen molar-refractivity contribution in [2.75, 3.05) is 132 Å². The van der Waals surface area contributed by atoms with Gasteiger partial charge in [-0.15, -0.1) is 0 Å². The first kappa shape index (κ1) is 59.9. The quantitative estimate of drug-likeness (QED) is 0.0678. The van der Waals surface area contributed by atoms with Gasteiger partial charge in [0.15, 0.2) is 11.6 Å². The fourth-order valence-corrected chi connectivity index (χ4v) is 5.74. The van der Waals surface area contributed by atoms with Crippen LogP contribution < -0.4 is 20.7 Å². The summed E-state index contributed by atoms with van der Waals surface area (Å²) in [5, 5.41) is 17.3. The summed E-state index contributed by atoms with van der Waals surface area (Å²) in [5.74, 6) is -0.748. The van der Waals surface area contributed by atoms with Crippen LogP contribution in [0.1, 0.15) is 107 Å². The molecule has 0 fully saturated rings. The number of carboxylic acid groups (broad SMARTS) is 1. The second-order valence-electron chi connectivity index (χ2n) is 15.3. The van der Waals surface area contributed by atoms with Crippen molar-refractivity contribution in [3.63, 3.8) is 0 Å². The van der Waals surface area contributed by atoms with Gasteiger partial charge in [0, 0.05) is 52.1 Å². The summed E-state index contributed by atoms with van der Waals surface area (Å²) in [4.78, 5) is 70.3. The maximum Gasteiger partial charge on any atom is 0.335 e.